The molecule has 0 radical (unpaired) electrons. The van der Waals surface area contributed by atoms with Crippen LogP contribution in [0.2, 0.25) is 0 Å². The molecule has 3 aromatic carbocycles. The molecule has 4 aromatic rings. The van der Waals surface area contributed by atoms with Gasteiger partial charge in [0.1, 0.15) is 12.4 Å². The van der Waals surface area contributed by atoms with Crippen LogP contribution in [0.3, 0.4) is 0 Å². The van der Waals surface area contributed by atoms with E-state index in [1.807, 2.05) is 42.5 Å². The van der Waals surface area contributed by atoms with Crippen LogP contribution in [0.4, 0.5) is 0 Å². The zero-order chi connectivity index (χ0) is 22.9. The Morgan fingerprint density at radius 2 is 1.82 bits per heavy atom. The highest BCUT2D eigenvalue weighted by Crippen LogP contribution is 2.24. The molecule has 0 unspecified atom stereocenters. The number of tetrazole rings is 1. The number of halogens is 2. The van der Waals surface area contributed by atoms with Gasteiger partial charge in [0, 0.05) is 22.3 Å². The molecule has 1 aromatic heterocycles. The van der Waals surface area contributed by atoms with Gasteiger partial charge in [-0.15, -0.1) is 17.5 Å². The van der Waals surface area contributed by atoms with Crippen molar-refractivity contribution in [3.63, 3.8) is 0 Å². The molecule has 0 atom stereocenters. The summed E-state index contributed by atoms with van der Waals surface area (Å²) in [6.07, 6.45) is 1.000. The summed E-state index contributed by atoms with van der Waals surface area (Å²) in [4.78, 5) is 0. The molecule has 4 rings (SSSR count). The maximum atomic E-state index is 6.11. The minimum atomic E-state index is 0. The Morgan fingerprint density at radius 1 is 1.03 bits per heavy atom. The van der Waals surface area contributed by atoms with Gasteiger partial charge >= 0.3 is 0 Å². The van der Waals surface area contributed by atoms with Gasteiger partial charge in [0.15, 0.2) is 0 Å². The van der Waals surface area contributed by atoms with E-state index >= 15 is 0 Å². The second kappa shape index (κ2) is 13.5. The molecule has 1 heterocycles. The van der Waals surface area contributed by atoms with E-state index in [1.54, 1.807) is 16.4 Å². The topological polar surface area (TPSA) is 64.9 Å². The summed E-state index contributed by atoms with van der Waals surface area (Å²) in [7, 11) is 0. The molecule has 0 amide bonds. The van der Waals surface area contributed by atoms with Crippen molar-refractivity contribution in [3.8, 4) is 11.4 Å². The zero-order valence-corrected chi connectivity index (χ0v) is 22.1. The third-order valence-electron chi connectivity index (χ3n) is 5.02. The lowest BCUT2D eigenvalue weighted by molar-refractivity contribution is 0.302. The summed E-state index contributed by atoms with van der Waals surface area (Å²) >= 11 is 5.24. The molecule has 0 aliphatic rings. The predicted octanol–water partition coefficient (Wildman–Crippen LogP) is 6.01. The number of aromatic nitrogens is 4. The van der Waals surface area contributed by atoms with Crippen LogP contribution < -0.4 is 10.1 Å². The number of para-hydroxylation sites is 1. The lowest BCUT2D eigenvalue weighted by Gasteiger charge is -2.13. The molecular weight excluding hydrogens is 534 g/mol. The molecule has 0 aliphatic carbocycles. The van der Waals surface area contributed by atoms with Crippen LogP contribution >= 0.6 is 40.1 Å². The molecule has 9 heteroatoms. The molecule has 0 saturated heterocycles. The highest BCUT2D eigenvalue weighted by atomic mass is 79.9. The monoisotopic (exact) mass is 559 g/mol. The van der Waals surface area contributed by atoms with Crippen molar-refractivity contribution in [1.29, 1.82) is 0 Å². The van der Waals surface area contributed by atoms with E-state index in [4.69, 9.17) is 4.74 Å². The second-order valence-corrected chi connectivity index (χ2v) is 9.59. The Kier molecular flexibility index (Phi) is 10.4. The fourth-order valence-corrected chi connectivity index (χ4v) is 4.49. The number of hydrogen-bond acceptors (Lipinski definition) is 6. The van der Waals surface area contributed by atoms with E-state index in [1.165, 1.54) is 5.56 Å². The van der Waals surface area contributed by atoms with Gasteiger partial charge in [-0.05, 0) is 66.2 Å². The van der Waals surface area contributed by atoms with E-state index in [0.29, 0.717) is 6.61 Å². The Morgan fingerprint density at radius 3 is 2.62 bits per heavy atom. The quantitative estimate of drug-likeness (QED) is 0.179. The standard InChI is InChI=1S/C25H26BrN5OS.ClH/c1-19-8-10-20(11-9-19)18-32-24-13-12-22(26)16-21(24)17-27-14-5-15-33-25-28-29-30-31(25)23-6-3-2-4-7-23;/h2-4,6-13,16,27H,5,14-15,17-18H2,1H3;1H. The normalized spacial score (nSPS) is 10.6. The highest BCUT2D eigenvalue weighted by molar-refractivity contribution is 9.10. The highest BCUT2D eigenvalue weighted by Gasteiger charge is 2.09. The Hall–Kier alpha value is -2.39. The summed E-state index contributed by atoms with van der Waals surface area (Å²) in [5.41, 5.74) is 4.52. The molecule has 0 saturated carbocycles. The smallest absolute Gasteiger partial charge is 0.214 e. The van der Waals surface area contributed by atoms with E-state index in [2.05, 4.69) is 74.0 Å². The van der Waals surface area contributed by atoms with Crippen molar-refractivity contribution in [2.45, 2.75) is 31.7 Å². The second-order valence-electron chi connectivity index (χ2n) is 7.61. The first-order chi connectivity index (χ1) is 16.2. The van der Waals surface area contributed by atoms with Crippen LogP contribution in [-0.4, -0.2) is 32.5 Å². The van der Waals surface area contributed by atoms with Crippen LogP contribution in [0.1, 0.15) is 23.1 Å². The fourth-order valence-electron chi connectivity index (χ4n) is 3.26. The van der Waals surface area contributed by atoms with Gasteiger partial charge in [-0.1, -0.05) is 75.7 Å². The Balaban J connectivity index is 0.00000324. The summed E-state index contributed by atoms with van der Waals surface area (Å²) in [5.74, 6) is 1.83. The third kappa shape index (κ3) is 7.56. The molecule has 178 valence electrons. The largest absolute Gasteiger partial charge is 0.489 e. The van der Waals surface area contributed by atoms with Gasteiger partial charge < -0.3 is 10.1 Å². The van der Waals surface area contributed by atoms with Crippen LogP contribution in [0.5, 0.6) is 5.75 Å². The van der Waals surface area contributed by atoms with Crippen molar-refractivity contribution in [3.05, 3.63) is 94.0 Å². The summed E-state index contributed by atoms with van der Waals surface area (Å²) in [6.45, 7) is 4.29. The van der Waals surface area contributed by atoms with Crippen LogP contribution in [-0.2, 0) is 13.2 Å². The molecule has 0 spiro atoms. The van der Waals surface area contributed by atoms with Gasteiger partial charge in [0.25, 0.3) is 0 Å². The SMILES string of the molecule is Cc1ccc(COc2ccc(Br)cc2CNCCCSc2nnnn2-c2ccccc2)cc1.Cl. The minimum absolute atomic E-state index is 0. The lowest BCUT2D eigenvalue weighted by Crippen LogP contribution is -2.16. The van der Waals surface area contributed by atoms with E-state index in [0.717, 1.165) is 57.5 Å². The van der Waals surface area contributed by atoms with Crippen molar-refractivity contribution >= 4 is 40.1 Å². The molecule has 0 bridgehead atoms. The van der Waals surface area contributed by atoms with Gasteiger partial charge in [0.05, 0.1) is 5.69 Å². The first kappa shape index (κ1) is 26.2. The van der Waals surface area contributed by atoms with E-state index in [9.17, 15) is 0 Å². The predicted molar refractivity (Wildman–Crippen MR) is 143 cm³/mol. The van der Waals surface area contributed by atoms with Crippen LogP contribution in [0, 0.1) is 6.92 Å². The van der Waals surface area contributed by atoms with Crippen LogP contribution in [0.15, 0.2) is 82.4 Å². The van der Waals surface area contributed by atoms with Gasteiger partial charge in [0.2, 0.25) is 5.16 Å². The van der Waals surface area contributed by atoms with Crippen molar-refractivity contribution in [2.24, 2.45) is 0 Å². The molecule has 34 heavy (non-hydrogen) atoms. The van der Waals surface area contributed by atoms with Crippen molar-refractivity contribution < 1.29 is 4.74 Å². The number of ether oxygens (including phenoxy) is 1. The Bertz CT molecular complexity index is 1160. The number of aryl methyl sites for hydroxylation is 1. The van der Waals surface area contributed by atoms with E-state index in [-0.39, 0.29) is 12.4 Å². The number of hydrogen-bond donors (Lipinski definition) is 1. The molecule has 1 N–H and O–H groups in total. The summed E-state index contributed by atoms with van der Waals surface area (Å²) < 4.78 is 8.93. The summed E-state index contributed by atoms with van der Waals surface area (Å²) in [6, 6.07) is 24.5. The maximum absolute atomic E-state index is 6.11. The molecule has 0 aliphatic heterocycles. The average Bonchev–Trinajstić information content (AvgIpc) is 3.31. The van der Waals surface area contributed by atoms with Crippen molar-refractivity contribution in [2.75, 3.05) is 12.3 Å². The molecular formula is C25H27BrClN5OS. The number of rotatable bonds is 11. The third-order valence-corrected chi connectivity index (χ3v) is 6.52. The number of nitrogens with one attached hydrogen (secondary N) is 1. The van der Waals surface area contributed by atoms with Crippen molar-refractivity contribution in [1.82, 2.24) is 25.5 Å². The minimum Gasteiger partial charge on any atom is -0.489 e. The first-order valence-corrected chi connectivity index (χ1v) is 12.6. The molecule has 0 fully saturated rings. The average molecular weight is 561 g/mol. The number of thioether (sulfide) groups is 1. The molecule has 6 nitrogen and oxygen atoms in total. The lowest BCUT2D eigenvalue weighted by atomic mass is 10.1. The maximum Gasteiger partial charge on any atom is 0.214 e. The summed E-state index contributed by atoms with van der Waals surface area (Å²) in [5, 5.41) is 16.4. The van der Waals surface area contributed by atoms with Gasteiger partial charge in [-0.3, -0.25) is 0 Å². The van der Waals surface area contributed by atoms with Gasteiger partial charge in [-0.2, -0.15) is 4.68 Å². The number of benzene rings is 3. The van der Waals surface area contributed by atoms with Gasteiger partial charge in [-0.25, -0.2) is 0 Å². The zero-order valence-electron chi connectivity index (χ0n) is 18.9. The van der Waals surface area contributed by atoms with Crippen LogP contribution in [0.25, 0.3) is 5.69 Å². The fraction of sp³-hybridized carbons (Fsp3) is 0.240. The Labute approximate surface area is 219 Å². The van der Waals surface area contributed by atoms with E-state index < -0.39 is 0 Å². The first-order valence-electron chi connectivity index (χ1n) is 10.8. The number of nitrogens with zero attached hydrogens (tertiary/aromatic N) is 4.